The molecule has 3 N–H and O–H groups in total. The van der Waals surface area contributed by atoms with Crippen molar-refractivity contribution < 1.29 is 13.2 Å². The van der Waals surface area contributed by atoms with Crippen molar-refractivity contribution in [3.05, 3.63) is 24.3 Å². The number of likely N-dealkylation sites (N-methyl/N-ethyl adjacent to an activating group) is 1. The van der Waals surface area contributed by atoms with E-state index in [0.29, 0.717) is 26.2 Å². The summed E-state index contributed by atoms with van der Waals surface area (Å²) in [5.74, 6) is -0.0707. The first kappa shape index (κ1) is 15.7. The van der Waals surface area contributed by atoms with Crippen molar-refractivity contribution in [2.45, 2.75) is 4.90 Å². The van der Waals surface area contributed by atoms with E-state index < -0.39 is 10.0 Å². The Hall–Kier alpha value is -1.64. The van der Waals surface area contributed by atoms with Gasteiger partial charge in [-0.2, -0.15) is 4.31 Å². The number of hydrogen-bond donors (Lipinski definition) is 2. The fraction of sp³-hybridized carbons (Fsp3) is 0.462. The predicted octanol–water partition coefficient (Wildman–Crippen LogP) is -0.679. The Morgan fingerprint density at radius 1 is 1.24 bits per heavy atom. The molecule has 0 aromatic heterocycles. The molecule has 0 atom stereocenters. The van der Waals surface area contributed by atoms with E-state index in [0.717, 1.165) is 0 Å². The third kappa shape index (κ3) is 3.52. The van der Waals surface area contributed by atoms with E-state index in [1.165, 1.54) is 10.4 Å². The summed E-state index contributed by atoms with van der Waals surface area (Å²) in [7, 11) is -1.98. The number of rotatable bonds is 4. The number of sulfonamides is 1. The molecule has 1 amide bonds. The Labute approximate surface area is 124 Å². The summed E-state index contributed by atoms with van der Waals surface area (Å²) in [6.45, 7) is 2.05. The Balaban J connectivity index is 2.05. The molecule has 0 saturated carbocycles. The number of nitrogen functional groups attached to an aromatic ring is 1. The van der Waals surface area contributed by atoms with Crippen molar-refractivity contribution in [3.63, 3.8) is 0 Å². The Kier molecular flexibility index (Phi) is 4.81. The predicted molar refractivity (Wildman–Crippen MR) is 80.1 cm³/mol. The summed E-state index contributed by atoms with van der Waals surface area (Å²) < 4.78 is 26.5. The first-order chi connectivity index (χ1) is 9.95. The highest BCUT2D eigenvalue weighted by molar-refractivity contribution is 7.89. The van der Waals surface area contributed by atoms with Gasteiger partial charge in [-0.1, -0.05) is 12.1 Å². The molecule has 0 radical (unpaired) electrons. The third-order valence-corrected chi connectivity index (χ3v) is 5.49. The number of amides is 1. The number of piperazine rings is 1. The summed E-state index contributed by atoms with van der Waals surface area (Å²) >= 11 is 0. The molecule has 0 aliphatic carbocycles. The summed E-state index contributed by atoms with van der Waals surface area (Å²) in [5, 5.41) is 2.56. The number of carbonyl (C=O) groups excluding carboxylic acids is 1. The fourth-order valence-electron chi connectivity index (χ4n) is 2.26. The number of nitrogens with two attached hydrogens (primary N) is 1. The molecule has 1 fully saturated rings. The first-order valence-corrected chi connectivity index (χ1v) is 8.16. The van der Waals surface area contributed by atoms with Gasteiger partial charge in [0.05, 0.1) is 12.2 Å². The topological polar surface area (TPSA) is 95.7 Å². The van der Waals surface area contributed by atoms with Gasteiger partial charge in [0.15, 0.2) is 0 Å². The van der Waals surface area contributed by atoms with Crippen molar-refractivity contribution in [1.82, 2.24) is 14.5 Å². The van der Waals surface area contributed by atoms with Crippen LogP contribution in [0, 0.1) is 0 Å². The lowest BCUT2D eigenvalue weighted by Crippen LogP contribution is -2.50. The van der Waals surface area contributed by atoms with E-state index in [2.05, 4.69) is 5.32 Å². The van der Waals surface area contributed by atoms with Gasteiger partial charge in [-0.15, -0.1) is 0 Å². The zero-order valence-electron chi connectivity index (χ0n) is 11.9. The molecule has 1 aliphatic heterocycles. The van der Waals surface area contributed by atoms with Crippen LogP contribution in [0.2, 0.25) is 0 Å². The zero-order chi connectivity index (χ0) is 15.5. The van der Waals surface area contributed by atoms with Crippen LogP contribution in [0.5, 0.6) is 0 Å². The van der Waals surface area contributed by atoms with Gasteiger partial charge in [-0.05, 0) is 12.1 Å². The molecule has 0 unspecified atom stereocenters. The van der Waals surface area contributed by atoms with Crippen LogP contribution in [-0.4, -0.2) is 63.3 Å². The molecular weight excluding hydrogens is 292 g/mol. The number of hydrogen-bond acceptors (Lipinski definition) is 5. The van der Waals surface area contributed by atoms with Crippen LogP contribution in [0.15, 0.2) is 29.2 Å². The number of benzene rings is 1. The van der Waals surface area contributed by atoms with Gasteiger partial charge >= 0.3 is 0 Å². The van der Waals surface area contributed by atoms with Gasteiger partial charge in [0.1, 0.15) is 4.90 Å². The standard InChI is InChI=1S/C13H20N4O3S/c1-15-13(18)10-16-6-8-17(9-7-16)21(19,20)12-5-3-2-4-11(12)14/h2-5H,6-10,14H2,1H3,(H,15,18). The molecule has 2 rings (SSSR count). The van der Waals surface area contributed by atoms with Crippen LogP contribution < -0.4 is 11.1 Å². The second-order valence-corrected chi connectivity index (χ2v) is 6.80. The monoisotopic (exact) mass is 312 g/mol. The lowest BCUT2D eigenvalue weighted by Gasteiger charge is -2.33. The molecular formula is C13H20N4O3S. The highest BCUT2D eigenvalue weighted by Gasteiger charge is 2.30. The van der Waals surface area contributed by atoms with Gasteiger partial charge in [0.25, 0.3) is 0 Å². The van der Waals surface area contributed by atoms with Crippen molar-refractivity contribution in [3.8, 4) is 0 Å². The zero-order valence-corrected chi connectivity index (χ0v) is 12.8. The highest BCUT2D eigenvalue weighted by Crippen LogP contribution is 2.22. The lowest BCUT2D eigenvalue weighted by molar-refractivity contribution is -0.122. The minimum absolute atomic E-state index is 0.0707. The molecule has 21 heavy (non-hydrogen) atoms. The van der Waals surface area contributed by atoms with E-state index >= 15 is 0 Å². The second-order valence-electron chi connectivity index (χ2n) is 4.89. The molecule has 8 heteroatoms. The van der Waals surface area contributed by atoms with Gasteiger partial charge in [0.2, 0.25) is 15.9 Å². The maximum absolute atomic E-state index is 12.5. The Morgan fingerprint density at radius 3 is 2.43 bits per heavy atom. The van der Waals surface area contributed by atoms with E-state index in [9.17, 15) is 13.2 Å². The smallest absolute Gasteiger partial charge is 0.245 e. The molecule has 1 saturated heterocycles. The van der Waals surface area contributed by atoms with Gasteiger partial charge < -0.3 is 11.1 Å². The number of para-hydroxylation sites is 1. The Morgan fingerprint density at radius 2 is 1.86 bits per heavy atom. The number of carbonyl (C=O) groups is 1. The van der Waals surface area contributed by atoms with Crippen molar-refractivity contribution in [2.24, 2.45) is 0 Å². The van der Waals surface area contributed by atoms with Crippen molar-refractivity contribution in [1.29, 1.82) is 0 Å². The van der Waals surface area contributed by atoms with E-state index in [-0.39, 0.29) is 23.0 Å². The minimum Gasteiger partial charge on any atom is -0.398 e. The van der Waals surface area contributed by atoms with Gasteiger partial charge in [0, 0.05) is 33.2 Å². The average Bonchev–Trinajstić information content (AvgIpc) is 2.48. The van der Waals surface area contributed by atoms with E-state index in [1.54, 1.807) is 25.2 Å². The maximum Gasteiger partial charge on any atom is 0.245 e. The molecule has 1 heterocycles. The quantitative estimate of drug-likeness (QED) is 0.718. The van der Waals surface area contributed by atoms with Crippen LogP contribution in [0.25, 0.3) is 0 Å². The molecule has 7 nitrogen and oxygen atoms in total. The van der Waals surface area contributed by atoms with E-state index in [1.807, 2.05) is 4.90 Å². The Bertz CT molecular complexity index is 610. The maximum atomic E-state index is 12.5. The van der Waals surface area contributed by atoms with E-state index in [4.69, 9.17) is 5.73 Å². The van der Waals surface area contributed by atoms with Crippen molar-refractivity contribution >= 4 is 21.6 Å². The molecule has 116 valence electrons. The molecule has 1 aliphatic rings. The minimum atomic E-state index is -3.57. The van der Waals surface area contributed by atoms with Gasteiger partial charge in [-0.3, -0.25) is 9.69 Å². The summed E-state index contributed by atoms with van der Waals surface area (Å²) in [6, 6.07) is 6.46. The molecule has 1 aromatic rings. The number of nitrogens with zero attached hydrogens (tertiary/aromatic N) is 2. The highest BCUT2D eigenvalue weighted by atomic mass is 32.2. The summed E-state index contributed by atoms with van der Waals surface area (Å²) in [5.41, 5.74) is 6.01. The lowest BCUT2D eigenvalue weighted by atomic mass is 10.3. The largest absolute Gasteiger partial charge is 0.398 e. The third-order valence-electron chi connectivity index (χ3n) is 3.51. The average molecular weight is 312 g/mol. The van der Waals surface area contributed by atoms with Crippen LogP contribution in [0.1, 0.15) is 0 Å². The molecule has 0 bridgehead atoms. The van der Waals surface area contributed by atoms with Crippen LogP contribution >= 0.6 is 0 Å². The van der Waals surface area contributed by atoms with Crippen molar-refractivity contribution in [2.75, 3.05) is 45.5 Å². The number of anilines is 1. The van der Waals surface area contributed by atoms with Crippen LogP contribution in [-0.2, 0) is 14.8 Å². The van der Waals surface area contributed by atoms with Gasteiger partial charge in [-0.25, -0.2) is 8.42 Å². The normalized spacial score (nSPS) is 17.6. The SMILES string of the molecule is CNC(=O)CN1CCN(S(=O)(=O)c2ccccc2N)CC1. The van der Waals surface area contributed by atoms with Crippen LogP contribution in [0.4, 0.5) is 5.69 Å². The summed E-state index contributed by atoms with van der Waals surface area (Å²) in [4.78, 5) is 13.4. The summed E-state index contributed by atoms with van der Waals surface area (Å²) in [6.07, 6.45) is 0. The first-order valence-electron chi connectivity index (χ1n) is 6.72. The molecule has 1 aromatic carbocycles. The second kappa shape index (κ2) is 6.42. The fourth-order valence-corrected chi connectivity index (χ4v) is 3.80. The molecule has 0 spiro atoms. The van der Waals surface area contributed by atoms with Crippen LogP contribution in [0.3, 0.4) is 0 Å². The number of nitrogens with one attached hydrogen (secondary N) is 1.